The lowest BCUT2D eigenvalue weighted by molar-refractivity contribution is 0.0919. The lowest BCUT2D eigenvalue weighted by Crippen LogP contribution is -2.39. The highest BCUT2D eigenvalue weighted by molar-refractivity contribution is 6.30. The molecule has 1 N–H and O–H groups in total. The zero-order valence-corrected chi connectivity index (χ0v) is 20.1. The quantitative estimate of drug-likeness (QED) is 0.412. The number of carbonyl (C=O) groups is 1. The van der Waals surface area contributed by atoms with Crippen LogP contribution in [-0.2, 0) is 6.54 Å². The van der Waals surface area contributed by atoms with Crippen LogP contribution in [0.3, 0.4) is 0 Å². The molecule has 4 aromatic rings. The first kappa shape index (κ1) is 23.3. The van der Waals surface area contributed by atoms with Gasteiger partial charge in [-0.15, -0.1) is 0 Å². The topological polar surface area (TPSA) is 68.9 Å². The molecule has 6 nitrogen and oxygen atoms in total. The van der Waals surface area contributed by atoms with Crippen molar-refractivity contribution in [2.24, 2.45) is 5.92 Å². The van der Waals surface area contributed by atoms with Crippen molar-refractivity contribution >= 4 is 28.5 Å². The van der Waals surface area contributed by atoms with E-state index in [-0.39, 0.29) is 29.2 Å². The number of pyridine rings is 1. The highest BCUT2D eigenvalue weighted by Gasteiger charge is 2.26. The summed E-state index contributed by atoms with van der Waals surface area (Å²) in [5.74, 6) is -0.306. The first-order valence-corrected chi connectivity index (χ1v) is 12.2. The number of nitrogens with one attached hydrogen (secondary N) is 1. The molecule has 0 saturated heterocycles. The van der Waals surface area contributed by atoms with Crippen molar-refractivity contribution in [3.05, 3.63) is 93.4 Å². The van der Waals surface area contributed by atoms with Gasteiger partial charge in [-0.3, -0.25) is 18.9 Å². The van der Waals surface area contributed by atoms with Gasteiger partial charge in [0.2, 0.25) is 0 Å². The predicted molar refractivity (Wildman–Crippen MR) is 135 cm³/mol. The molecule has 0 unspecified atom stereocenters. The Morgan fingerprint density at radius 3 is 2.51 bits per heavy atom. The van der Waals surface area contributed by atoms with Crippen molar-refractivity contribution in [3.63, 3.8) is 0 Å². The fourth-order valence-electron chi connectivity index (χ4n) is 5.00. The highest BCUT2D eigenvalue weighted by atomic mass is 35.5. The molecule has 0 spiro atoms. The normalized spacial score (nSPS) is 18.0. The maximum absolute atomic E-state index is 14.6. The number of benzene rings is 2. The number of hydrogen-bond acceptors (Lipinski definition) is 3. The maximum atomic E-state index is 14.6. The first-order valence-electron chi connectivity index (χ1n) is 11.8. The number of fused-ring (bicyclic) bond motifs is 1. The number of para-hydroxylation sites is 3. The van der Waals surface area contributed by atoms with Crippen LogP contribution in [0, 0.1) is 18.7 Å². The third-order valence-electron chi connectivity index (χ3n) is 6.85. The van der Waals surface area contributed by atoms with Crippen LogP contribution in [-0.4, -0.2) is 26.1 Å². The SMILES string of the molecule is Cc1ncc(Cl)cc1C(=O)NC1CCC(Cn2c(=O)n(-c3ccccc3F)c3ccccc32)CC1. The zero-order chi connectivity index (χ0) is 24.5. The van der Waals surface area contributed by atoms with Crippen molar-refractivity contribution in [1.82, 2.24) is 19.4 Å². The Morgan fingerprint density at radius 1 is 1.09 bits per heavy atom. The summed E-state index contributed by atoms with van der Waals surface area (Å²) in [7, 11) is 0. The van der Waals surface area contributed by atoms with Gasteiger partial charge in [0.15, 0.2) is 0 Å². The van der Waals surface area contributed by atoms with Crippen molar-refractivity contribution in [1.29, 1.82) is 0 Å². The molecule has 1 fully saturated rings. The van der Waals surface area contributed by atoms with E-state index in [1.54, 1.807) is 35.8 Å². The van der Waals surface area contributed by atoms with Crippen molar-refractivity contribution in [2.75, 3.05) is 0 Å². The van der Waals surface area contributed by atoms with E-state index in [4.69, 9.17) is 11.6 Å². The Bertz CT molecular complexity index is 1450. The van der Waals surface area contributed by atoms with Gasteiger partial charge in [-0.25, -0.2) is 9.18 Å². The maximum Gasteiger partial charge on any atom is 0.333 e. The number of halogens is 2. The Morgan fingerprint density at radius 2 is 1.77 bits per heavy atom. The van der Waals surface area contributed by atoms with Crippen LogP contribution in [0.4, 0.5) is 4.39 Å². The lowest BCUT2D eigenvalue weighted by atomic mass is 9.85. The van der Waals surface area contributed by atoms with Gasteiger partial charge in [-0.1, -0.05) is 35.9 Å². The third-order valence-corrected chi connectivity index (χ3v) is 7.06. The number of aromatic nitrogens is 3. The minimum absolute atomic E-state index is 0.0635. The van der Waals surface area contributed by atoms with E-state index >= 15 is 0 Å². The van der Waals surface area contributed by atoms with Crippen LogP contribution in [0.25, 0.3) is 16.7 Å². The summed E-state index contributed by atoms with van der Waals surface area (Å²) < 4.78 is 17.8. The molecule has 1 saturated carbocycles. The first-order chi connectivity index (χ1) is 16.9. The summed E-state index contributed by atoms with van der Waals surface area (Å²) in [5, 5.41) is 3.54. The van der Waals surface area contributed by atoms with E-state index in [1.165, 1.54) is 16.8 Å². The van der Waals surface area contributed by atoms with Gasteiger partial charge in [0, 0.05) is 18.8 Å². The number of nitrogens with zero attached hydrogens (tertiary/aromatic N) is 3. The third kappa shape index (κ3) is 4.60. The van der Waals surface area contributed by atoms with Gasteiger partial charge in [0.05, 0.1) is 33.0 Å². The molecule has 1 aliphatic carbocycles. The van der Waals surface area contributed by atoms with Crippen molar-refractivity contribution < 1.29 is 9.18 Å². The molecule has 180 valence electrons. The zero-order valence-electron chi connectivity index (χ0n) is 19.4. The van der Waals surface area contributed by atoms with Crippen LogP contribution in [0.5, 0.6) is 0 Å². The van der Waals surface area contributed by atoms with Crippen molar-refractivity contribution in [3.8, 4) is 5.69 Å². The van der Waals surface area contributed by atoms with Gasteiger partial charge in [0.1, 0.15) is 5.82 Å². The van der Waals surface area contributed by atoms with E-state index in [0.717, 1.165) is 31.2 Å². The summed E-state index contributed by atoms with van der Waals surface area (Å²) in [6, 6.07) is 15.5. The van der Waals surface area contributed by atoms with Crippen LogP contribution < -0.4 is 11.0 Å². The molecule has 1 amide bonds. The van der Waals surface area contributed by atoms with Crippen LogP contribution >= 0.6 is 11.6 Å². The number of amides is 1. The Labute approximate surface area is 207 Å². The molecule has 0 atom stereocenters. The average Bonchev–Trinajstić information content (AvgIpc) is 3.13. The standard InChI is InChI=1S/C27H26ClFN4O2/c1-17-21(14-19(28)15-30-17)26(34)31-20-12-10-18(11-13-20)16-32-24-8-4-5-9-25(24)33(27(32)35)23-7-3-2-6-22(23)29/h2-9,14-15,18,20H,10-13,16H2,1H3,(H,31,34). The molecule has 2 aromatic carbocycles. The minimum atomic E-state index is -0.432. The van der Waals surface area contributed by atoms with E-state index in [0.29, 0.717) is 28.3 Å². The Kier molecular flexibility index (Phi) is 6.43. The molecule has 2 heterocycles. The van der Waals surface area contributed by atoms with E-state index in [2.05, 4.69) is 10.3 Å². The molecular weight excluding hydrogens is 467 g/mol. The number of rotatable bonds is 5. The van der Waals surface area contributed by atoms with Gasteiger partial charge in [-0.2, -0.15) is 0 Å². The molecular formula is C27H26ClFN4O2. The Hall–Kier alpha value is -3.45. The van der Waals surface area contributed by atoms with Gasteiger partial charge >= 0.3 is 5.69 Å². The Balaban J connectivity index is 1.31. The molecule has 35 heavy (non-hydrogen) atoms. The number of imidazole rings is 1. The molecule has 2 aromatic heterocycles. The molecule has 1 aliphatic rings. The molecule has 0 radical (unpaired) electrons. The number of aryl methyl sites for hydroxylation is 1. The van der Waals surface area contributed by atoms with Crippen LogP contribution in [0.1, 0.15) is 41.7 Å². The molecule has 5 rings (SSSR count). The number of carbonyl (C=O) groups excluding carboxylic acids is 1. The lowest BCUT2D eigenvalue weighted by Gasteiger charge is -2.29. The summed E-state index contributed by atoms with van der Waals surface area (Å²) >= 11 is 6.01. The van der Waals surface area contributed by atoms with Crippen LogP contribution in [0.15, 0.2) is 65.6 Å². The average molecular weight is 493 g/mol. The highest BCUT2D eigenvalue weighted by Crippen LogP contribution is 2.28. The van der Waals surface area contributed by atoms with E-state index in [9.17, 15) is 14.0 Å². The van der Waals surface area contributed by atoms with Crippen molar-refractivity contribution in [2.45, 2.75) is 45.2 Å². The summed E-state index contributed by atoms with van der Waals surface area (Å²) in [5.41, 5.74) is 2.63. The van der Waals surface area contributed by atoms with Gasteiger partial charge < -0.3 is 5.32 Å². The second-order valence-electron chi connectivity index (χ2n) is 9.15. The van der Waals surface area contributed by atoms with Gasteiger partial charge in [0.25, 0.3) is 5.91 Å². The molecule has 0 bridgehead atoms. The summed E-state index contributed by atoms with van der Waals surface area (Å²) in [4.78, 5) is 30.3. The summed E-state index contributed by atoms with van der Waals surface area (Å²) in [6.45, 7) is 2.34. The largest absolute Gasteiger partial charge is 0.349 e. The second-order valence-corrected chi connectivity index (χ2v) is 9.58. The van der Waals surface area contributed by atoms with Gasteiger partial charge in [-0.05, 0) is 68.9 Å². The molecule has 8 heteroatoms. The second kappa shape index (κ2) is 9.66. The fraction of sp³-hybridized carbons (Fsp3) is 0.296. The minimum Gasteiger partial charge on any atom is -0.349 e. The predicted octanol–water partition coefficient (Wildman–Crippen LogP) is 5.28. The molecule has 0 aliphatic heterocycles. The fourth-order valence-corrected chi connectivity index (χ4v) is 5.16. The monoisotopic (exact) mass is 492 g/mol. The van der Waals surface area contributed by atoms with E-state index in [1.807, 2.05) is 24.3 Å². The van der Waals surface area contributed by atoms with E-state index < -0.39 is 5.82 Å². The summed E-state index contributed by atoms with van der Waals surface area (Å²) in [6.07, 6.45) is 4.94. The van der Waals surface area contributed by atoms with Crippen LogP contribution in [0.2, 0.25) is 5.02 Å². The smallest absolute Gasteiger partial charge is 0.333 e. The number of hydrogen-bond donors (Lipinski definition) is 1.